The predicted molar refractivity (Wildman–Crippen MR) is 55.1 cm³/mol. The van der Waals surface area contributed by atoms with Crippen LogP contribution in [0.5, 0.6) is 0 Å². The van der Waals surface area contributed by atoms with Gasteiger partial charge >= 0.3 is 6.18 Å². The average Bonchev–Trinajstić information content (AvgIpc) is 2.15. The molecular weight excluding hydrogens is 289 g/mol. The second-order valence-corrected chi connectivity index (χ2v) is 3.99. The lowest BCUT2D eigenvalue weighted by Gasteiger charge is -2.06. The van der Waals surface area contributed by atoms with E-state index in [0.29, 0.717) is 4.47 Å². The Kier molecular flexibility index (Phi) is 2.49. The molecule has 0 unspecified atom stereocenters. The third-order valence-electron chi connectivity index (χ3n) is 1.94. The Bertz CT molecular complexity index is 606. The molecule has 0 saturated heterocycles. The summed E-state index contributed by atoms with van der Waals surface area (Å²) in [5.41, 5.74) is -0.796. The van der Waals surface area contributed by atoms with Crippen molar-refractivity contribution in [3.63, 3.8) is 0 Å². The molecule has 0 atom stereocenters. The van der Waals surface area contributed by atoms with E-state index in [0.717, 1.165) is 0 Å². The molecule has 84 valence electrons. The van der Waals surface area contributed by atoms with Crippen LogP contribution < -0.4 is 5.56 Å². The van der Waals surface area contributed by atoms with Crippen molar-refractivity contribution in [3.05, 3.63) is 38.9 Å². The number of fused-ring (bicyclic) bond motifs is 1. The fourth-order valence-corrected chi connectivity index (χ4v) is 1.60. The zero-order valence-corrected chi connectivity index (χ0v) is 9.19. The molecule has 0 spiro atoms. The van der Waals surface area contributed by atoms with Gasteiger partial charge in [0.15, 0.2) is 0 Å². The van der Waals surface area contributed by atoms with Crippen LogP contribution in [0.15, 0.2) is 27.5 Å². The van der Waals surface area contributed by atoms with Gasteiger partial charge in [0.25, 0.3) is 5.56 Å². The Morgan fingerprint density at radius 3 is 2.62 bits per heavy atom. The highest BCUT2D eigenvalue weighted by Crippen LogP contribution is 2.26. The maximum atomic E-state index is 12.4. The number of aromatic amines is 1. The van der Waals surface area contributed by atoms with Gasteiger partial charge in [0, 0.05) is 4.47 Å². The highest BCUT2D eigenvalue weighted by molar-refractivity contribution is 9.10. The van der Waals surface area contributed by atoms with Crippen molar-refractivity contribution in [2.75, 3.05) is 0 Å². The topological polar surface area (TPSA) is 45.8 Å². The first kappa shape index (κ1) is 11.1. The Morgan fingerprint density at radius 1 is 1.31 bits per heavy atom. The molecule has 0 radical (unpaired) electrons. The quantitative estimate of drug-likeness (QED) is 0.811. The van der Waals surface area contributed by atoms with Gasteiger partial charge in [-0.05, 0) is 18.2 Å². The zero-order chi connectivity index (χ0) is 11.9. The molecule has 2 rings (SSSR count). The van der Waals surface area contributed by atoms with E-state index in [1.165, 1.54) is 12.1 Å². The molecule has 0 fully saturated rings. The maximum absolute atomic E-state index is 12.4. The highest BCUT2D eigenvalue weighted by atomic mass is 79.9. The molecule has 0 amide bonds. The summed E-state index contributed by atoms with van der Waals surface area (Å²) in [4.78, 5) is 16.4. The standard InChI is InChI=1S/C9H4BrF3N2O/c10-4-1-2-5-6(3-4)14-8(9(11,12)13)15-7(5)16/h1-3H,(H,14,15,16). The van der Waals surface area contributed by atoms with Gasteiger partial charge < -0.3 is 4.98 Å². The predicted octanol–water partition coefficient (Wildman–Crippen LogP) is 2.70. The van der Waals surface area contributed by atoms with Crippen molar-refractivity contribution in [2.24, 2.45) is 0 Å². The second kappa shape index (κ2) is 3.58. The monoisotopic (exact) mass is 292 g/mol. The van der Waals surface area contributed by atoms with Gasteiger partial charge in [-0.25, -0.2) is 4.98 Å². The van der Waals surface area contributed by atoms with Gasteiger partial charge in [0.2, 0.25) is 5.82 Å². The van der Waals surface area contributed by atoms with Crippen molar-refractivity contribution in [2.45, 2.75) is 6.18 Å². The van der Waals surface area contributed by atoms with E-state index in [9.17, 15) is 18.0 Å². The normalized spacial score (nSPS) is 12.0. The lowest BCUT2D eigenvalue weighted by Crippen LogP contribution is -2.19. The summed E-state index contributed by atoms with van der Waals surface area (Å²) in [7, 11) is 0. The summed E-state index contributed by atoms with van der Waals surface area (Å²) >= 11 is 3.10. The largest absolute Gasteiger partial charge is 0.449 e. The van der Waals surface area contributed by atoms with Gasteiger partial charge in [0.05, 0.1) is 10.9 Å². The molecule has 0 aliphatic rings. The molecule has 0 bridgehead atoms. The number of nitrogens with zero attached hydrogens (tertiary/aromatic N) is 1. The smallest absolute Gasteiger partial charge is 0.302 e. The third kappa shape index (κ3) is 1.95. The fourth-order valence-electron chi connectivity index (χ4n) is 1.25. The summed E-state index contributed by atoms with van der Waals surface area (Å²) in [6.07, 6.45) is -4.66. The van der Waals surface area contributed by atoms with Gasteiger partial charge in [0.1, 0.15) is 0 Å². The number of hydrogen-bond donors (Lipinski definition) is 1. The SMILES string of the molecule is O=c1[nH]c(C(F)(F)F)nc2cc(Br)ccc12. The maximum Gasteiger partial charge on any atom is 0.449 e. The summed E-state index contributed by atoms with van der Waals surface area (Å²) < 4.78 is 37.6. The average molecular weight is 293 g/mol. The van der Waals surface area contributed by atoms with Gasteiger partial charge in [-0.2, -0.15) is 13.2 Å². The van der Waals surface area contributed by atoms with Crippen molar-refractivity contribution in [3.8, 4) is 0 Å². The van der Waals surface area contributed by atoms with Crippen LogP contribution in [0.4, 0.5) is 13.2 Å². The first-order chi connectivity index (χ1) is 7.38. The lowest BCUT2D eigenvalue weighted by atomic mass is 10.2. The number of benzene rings is 1. The van der Waals surface area contributed by atoms with Crippen LogP contribution in [0.1, 0.15) is 5.82 Å². The molecule has 7 heteroatoms. The highest BCUT2D eigenvalue weighted by Gasteiger charge is 2.34. The minimum Gasteiger partial charge on any atom is -0.302 e. The summed E-state index contributed by atoms with van der Waals surface area (Å²) in [5.74, 6) is -1.29. The molecule has 1 heterocycles. The number of halogens is 4. The van der Waals surface area contributed by atoms with Crippen LogP contribution in [-0.4, -0.2) is 9.97 Å². The summed E-state index contributed by atoms with van der Waals surface area (Å²) in [6.45, 7) is 0. The van der Waals surface area contributed by atoms with Gasteiger partial charge in [-0.1, -0.05) is 15.9 Å². The van der Waals surface area contributed by atoms with E-state index in [1.807, 2.05) is 0 Å². The number of alkyl halides is 3. The van der Waals surface area contributed by atoms with E-state index in [4.69, 9.17) is 0 Å². The van der Waals surface area contributed by atoms with Crippen LogP contribution >= 0.6 is 15.9 Å². The molecule has 1 aromatic carbocycles. The second-order valence-electron chi connectivity index (χ2n) is 3.07. The van der Waals surface area contributed by atoms with Crippen molar-refractivity contribution >= 4 is 26.8 Å². The minimum atomic E-state index is -4.66. The third-order valence-corrected chi connectivity index (χ3v) is 2.43. The fraction of sp³-hybridized carbons (Fsp3) is 0.111. The van der Waals surface area contributed by atoms with Crippen LogP contribution in [0.2, 0.25) is 0 Å². The molecule has 2 aromatic rings. The molecule has 3 nitrogen and oxygen atoms in total. The number of H-pyrrole nitrogens is 1. The van der Waals surface area contributed by atoms with Crippen molar-refractivity contribution in [1.82, 2.24) is 9.97 Å². The molecule has 0 aliphatic carbocycles. The van der Waals surface area contributed by atoms with Crippen LogP contribution in [-0.2, 0) is 6.18 Å². The van der Waals surface area contributed by atoms with Crippen molar-refractivity contribution < 1.29 is 13.2 Å². The van der Waals surface area contributed by atoms with E-state index >= 15 is 0 Å². The van der Waals surface area contributed by atoms with E-state index in [-0.39, 0.29) is 10.9 Å². The number of hydrogen-bond acceptors (Lipinski definition) is 2. The molecule has 0 aliphatic heterocycles. The van der Waals surface area contributed by atoms with Crippen LogP contribution in [0, 0.1) is 0 Å². The molecule has 0 saturated carbocycles. The first-order valence-corrected chi connectivity index (χ1v) is 4.94. The van der Waals surface area contributed by atoms with Crippen LogP contribution in [0.3, 0.4) is 0 Å². The number of aromatic nitrogens is 2. The van der Waals surface area contributed by atoms with E-state index < -0.39 is 17.6 Å². The van der Waals surface area contributed by atoms with Gasteiger partial charge in [-0.15, -0.1) is 0 Å². The Balaban J connectivity index is 2.80. The Hall–Kier alpha value is -1.37. The first-order valence-electron chi connectivity index (χ1n) is 4.15. The number of rotatable bonds is 0. The number of nitrogens with one attached hydrogen (secondary N) is 1. The summed E-state index contributed by atoms with van der Waals surface area (Å²) in [5, 5.41) is 0.121. The zero-order valence-electron chi connectivity index (χ0n) is 7.60. The molecular formula is C9H4BrF3N2O. The van der Waals surface area contributed by atoms with Crippen LogP contribution in [0.25, 0.3) is 10.9 Å². The Morgan fingerprint density at radius 2 is 2.00 bits per heavy atom. The van der Waals surface area contributed by atoms with E-state index in [1.54, 1.807) is 11.1 Å². The lowest BCUT2D eigenvalue weighted by molar-refractivity contribution is -0.144. The summed E-state index contributed by atoms with van der Waals surface area (Å²) in [6, 6.07) is 4.33. The Labute approximate surface area is 95.4 Å². The molecule has 16 heavy (non-hydrogen) atoms. The minimum absolute atomic E-state index is 0.00505. The molecule has 1 aromatic heterocycles. The van der Waals surface area contributed by atoms with Crippen molar-refractivity contribution in [1.29, 1.82) is 0 Å². The van der Waals surface area contributed by atoms with Gasteiger partial charge in [-0.3, -0.25) is 4.79 Å². The van der Waals surface area contributed by atoms with E-state index in [2.05, 4.69) is 20.9 Å². The molecule has 1 N–H and O–H groups in total.